The molecule has 4 nitrogen and oxygen atoms in total. The molecule has 4 heteroatoms. The van der Waals surface area contributed by atoms with Crippen LogP contribution in [-0.2, 0) is 11.3 Å². The summed E-state index contributed by atoms with van der Waals surface area (Å²) in [7, 11) is 2.06. The number of nitrogens with two attached hydrogens (primary N) is 1. The second kappa shape index (κ2) is 8.15. The second-order valence-corrected chi connectivity index (χ2v) is 5.97. The Bertz CT molecular complexity index is 453. The van der Waals surface area contributed by atoms with Gasteiger partial charge in [-0.15, -0.1) is 0 Å². The summed E-state index contributed by atoms with van der Waals surface area (Å²) in [5.74, 6) is 0.0441. The fourth-order valence-corrected chi connectivity index (χ4v) is 3.06. The van der Waals surface area contributed by atoms with Gasteiger partial charge in [-0.1, -0.05) is 43.9 Å². The van der Waals surface area contributed by atoms with Crippen molar-refractivity contribution in [2.24, 2.45) is 5.73 Å². The minimum absolute atomic E-state index is 0.0441. The zero-order valence-electron chi connectivity index (χ0n) is 13.0. The van der Waals surface area contributed by atoms with Gasteiger partial charge in [-0.05, 0) is 31.5 Å². The average Bonchev–Trinajstić information content (AvgIpc) is 2.76. The van der Waals surface area contributed by atoms with Crippen LogP contribution < -0.4 is 11.1 Å². The fourth-order valence-electron chi connectivity index (χ4n) is 3.06. The van der Waals surface area contributed by atoms with E-state index in [1.807, 2.05) is 24.3 Å². The first kappa shape index (κ1) is 16.0. The first-order valence-corrected chi connectivity index (χ1v) is 7.98. The molecule has 1 saturated carbocycles. The number of hydrogen-bond acceptors (Lipinski definition) is 3. The average molecular weight is 289 g/mol. The molecule has 0 saturated heterocycles. The van der Waals surface area contributed by atoms with Crippen LogP contribution in [0.4, 0.5) is 5.69 Å². The quantitative estimate of drug-likeness (QED) is 0.819. The normalized spacial score (nSPS) is 16.7. The lowest BCUT2D eigenvalue weighted by atomic mass is 10.1. The van der Waals surface area contributed by atoms with E-state index in [9.17, 15) is 4.79 Å². The molecule has 0 unspecified atom stereocenters. The van der Waals surface area contributed by atoms with Crippen LogP contribution in [0.15, 0.2) is 24.3 Å². The molecule has 1 aromatic carbocycles. The first-order valence-electron chi connectivity index (χ1n) is 7.98. The second-order valence-electron chi connectivity index (χ2n) is 5.97. The van der Waals surface area contributed by atoms with Crippen LogP contribution >= 0.6 is 0 Å². The van der Waals surface area contributed by atoms with Crippen LogP contribution in [-0.4, -0.2) is 30.4 Å². The van der Waals surface area contributed by atoms with Crippen LogP contribution in [0.1, 0.15) is 44.1 Å². The standard InChI is InChI=1S/C17H27N3O/c1-20(15-9-4-2-3-5-10-15)13-17(21)19-16-11-7-6-8-14(16)12-18/h6-8,11,15H,2-5,9-10,12-13,18H2,1H3,(H,19,21). The third kappa shape index (κ3) is 4.83. The molecule has 1 fully saturated rings. The van der Waals surface area contributed by atoms with E-state index in [-0.39, 0.29) is 5.91 Å². The molecule has 0 atom stereocenters. The van der Waals surface area contributed by atoms with Crippen molar-refractivity contribution in [1.82, 2.24) is 4.90 Å². The smallest absolute Gasteiger partial charge is 0.238 e. The van der Waals surface area contributed by atoms with Crippen LogP contribution in [0.2, 0.25) is 0 Å². The molecule has 1 amide bonds. The third-order valence-electron chi connectivity index (χ3n) is 4.35. The van der Waals surface area contributed by atoms with Crippen molar-refractivity contribution in [2.75, 3.05) is 18.9 Å². The number of para-hydroxylation sites is 1. The van der Waals surface area contributed by atoms with E-state index < -0.39 is 0 Å². The summed E-state index contributed by atoms with van der Waals surface area (Å²) in [6, 6.07) is 8.26. The Morgan fingerprint density at radius 1 is 1.24 bits per heavy atom. The van der Waals surface area contributed by atoms with Gasteiger partial charge in [0.2, 0.25) is 5.91 Å². The molecule has 0 radical (unpaired) electrons. The Morgan fingerprint density at radius 2 is 1.90 bits per heavy atom. The molecular weight excluding hydrogens is 262 g/mol. The molecule has 1 aliphatic rings. The van der Waals surface area contributed by atoms with E-state index in [1.165, 1.54) is 38.5 Å². The molecule has 0 spiro atoms. The monoisotopic (exact) mass is 289 g/mol. The Hall–Kier alpha value is -1.39. The van der Waals surface area contributed by atoms with Crippen LogP contribution in [0.3, 0.4) is 0 Å². The molecule has 0 aromatic heterocycles. The van der Waals surface area contributed by atoms with E-state index >= 15 is 0 Å². The first-order chi connectivity index (χ1) is 10.2. The highest BCUT2D eigenvalue weighted by Gasteiger charge is 2.19. The molecule has 21 heavy (non-hydrogen) atoms. The fraction of sp³-hybridized carbons (Fsp3) is 0.588. The predicted octanol–water partition coefficient (Wildman–Crippen LogP) is 2.74. The topological polar surface area (TPSA) is 58.4 Å². The molecule has 2 rings (SSSR count). The molecule has 0 bridgehead atoms. The number of hydrogen-bond donors (Lipinski definition) is 2. The van der Waals surface area contributed by atoms with Crippen molar-refractivity contribution < 1.29 is 4.79 Å². The van der Waals surface area contributed by atoms with Crippen LogP contribution in [0.25, 0.3) is 0 Å². The van der Waals surface area contributed by atoms with Crippen molar-refractivity contribution in [1.29, 1.82) is 0 Å². The van der Waals surface area contributed by atoms with Gasteiger partial charge in [0.05, 0.1) is 6.54 Å². The third-order valence-corrected chi connectivity index (χ3v) is 4.35. The largest absolute Gasteiger partial charge is 0.326 e. The summed E-state index contributed by atoms with van der Waals surface area (Å²) < 4.78 is 0. The number of amides is 1. The SMILES string of the molecule is CN(CC(=O)Nc1ccccc1CN)C1CCCCCC1. The molecule has 0 heterocycles. The van der Waals surface area contributed by atoms with Crippen molar-refractivity contribution in [3.05, 3.63) is 29.8 Å². The maximum atomic E-state index is 12.2. The number of rotatable bonds is 5. The van der Waals surface area contributed by atoms with Crippen molar-refractivity contribution in [3.8, 4) is 0 Å². The minimum Gasteiger partial charge on any atom is -0.326 e. The summed E-state index contributed by atoms with van der Waals surface area (Å²) >= 11 is 0. The van der Waals surface area contributed by atoms with Gasteiger partial charge >= 0.3 is 0 Å². The zero-order chi connectivity index (χ0) is 15.1. The van der Waals surface area contributed by atoms with Gasteiger partial charge in [0.15, 0.2) is 0 Å². The Balaban J connectivity index is 1.88. The van der Waals surface area contributed by atoms with Crippen molar-refractivity contribution in [2.45, 2.75) is 51.1 Å². The maximum Gasteiger partial charge on any atom is 0.238 e. The molecule has 1 aliphatic carbocycles. The molecular formula is C17H27N3O. The van der Waals surface area contributed by atoms with E-state index in [4.69, 9.17) is 5.73 Å². The number of benzene rings is 1. The van der Waals surface area contributed by atoms with Crippen LogP contribution in [0.5, 0.6) is 0 Å². The Labute approximate surface area is 127 Å². The number of likely N-dealkylation sites (N-methyl/N-ethyl adjacent to an activating group) is 1. The number of anilines is 1. The molecule has 3 N–H and O–H groups in total. The number of carbonyl (C=O) groups excluding carboxylic acids is 1. The summed E-state index contributed by atoms with van der Waals surface area (Å²) in [6.45, 7) is 0.887. The van der Waals surface area contributed by atoms with Gasteiger partial charge in [0.25, 0.3) is 0 Å². The lowest BCUT2D eigenvalue weighted by Gasteiger charge is -2.26. The van der Waals surface area contributed by atoms with E-state index in [0.717, 1.165) is 11.3 Å². The van der Waals surface area contributed by atoms with Gasteiger partial charge < -0.3 is 11.1 Å². The van der Waals surface area contributed by atoms with Gasteiger partial charge in [-0.25, -0.2) is 0 Å². The number of nitrogens with zero attached hydrogens (tertiary/aromatic N) is 1. The van der Waals surface area contributed by atoms with E-state index in [1.54, 1.807) is 0 Å². The summed E-state index contributed by atoms with van der Waals surface area (Å²) in [4.78, 5) is 14.4. The van der Waals surface area contributed by atoms with Gasteiger partial charge in [0.1, 0.15) is 0 Å². The summed E-state index contributed by atoms with van der Waals surface area (Å²) in [5, 5.41) is 2.99. The lowest BCUT2D eigenvalue weighted by Crippen LogP contribution is -2.37. The van der Waals surface area contributed by atoms with Gasteiger partial charge in [0, 0.05) is 18.3 Å². The highest BCUT2D eigenvalue weighted by Crippen LogP contribution is 2.21. The highest BCUT2D eigenvalue weighted by molar-refractivity contribution is 5.93. The van der Waals surface area contributed by atoms with E-state index in [2.05, 4.69) is 17.3 Å². The van der Waals surface area contributed by atoms with Crippen molar-refractivity contribution >= 4 is 11.6 Å². The maximum absolute atomic E-state index is 12.2. The molecule has 0 aliphatic heterocycles. The molecule has 1 aromatic rings. The predicted molar refractivity (Wildman–Crippen MR) is 87.1 cm³/mol. The summed E-state index contributed by atoms with van der Waals surface area (Å²) in [6.07, 6.45) is 7.66. The minimum atomic E-state index is 0.0441. The van der Waals surface area contributed by atoms with Crippen molar-refractivity contribution in [3.63, 3.8) is 0 Å². The molecule has 116 valence electrons. The number of carbonyl (C=O) groups is 1. The summed E-state index contributed by atoms with van der Waals surface area (Å²) in [5.41, 5.74) is 7.51. The Kier molecular flexibility index (Phi) is 6.21. The van der Waals surface area contributed by atoms with Crippen LogP contribution in [0, 0.1) is 0 Å². The van der Waals surface area contributed by atoms with E-state index in [0.29, 0.717) is 19.1 Å². The van der Waals surface area contributed by atoms with Gasteiger partial charge in [-0.3, -0.25) is 9.69 Å². The zero-order valence-corrected chi connectivity index (χ0v) is 13.0. The van der Waals surface area contributed by atoms with Gasteiger partial charge in [-0.2, -0.15) is 0 Å². The highest BCUT2D eigenvalue weighted by atomic mass is 16.2. The Morgan fingerprint density at radius 3 is 2.57 bits per heavy atom. The number of nitrogens with one attached hydrogen (secondary N) is 1. The lowest BCUT2D eigenvalue weighted by molar-refractivity contribution is -0.117.